The molecule has 0 aliphatic rings. The van der Waals surface area contributed by atoms with Crippen molar-refractivity contribution < 1.29 is 19.1 Å². The highest BCUT2D eigenvalue weighted by atomic mass is 16.5. The number of benzene rings is 1. The number of rotatable bonds is 7. The number of carbonyl (C=O) groups is 2. The second-order valence-corrected chi connectivity index (χ2v) is 4.36. The molecular weight excluding hydrogens is 244 g/mol. The van der Waals surface area contributed by atoms with E-state index in [4.69, 9.17) is 9.47 Å². The topological polar surface area (TPSA) is 52.6 Å². The third kappa shape index (κ3) is 4.73. The van der Waals surface area contributed by atoms with Crippen LogP contribution in [0.4, 0.5) is 0 Å². The summed E-state index contributed by atoms with van der Waals surface area (Å²) < 4.78 is 10.5. The lowest BCUT2D eigenvalue weighted by molar-refractivity contribution is -0.143. The maximum Gasteiger partial charge on any atom is 0.305 e. The molecule has 0 atom stereocenters. The van der Waals surface area contributed by atoms with E-state index in [2.05, 4.69) is 0 Å². The largest absolute Gasteiger partial charge is 0.493 e. The average Bonchev–Trinajstić information content (AvgIpc) is 2.37. The van der Waals surface area contributed by atoms with E-state index >= 15 is 0 Å². The van der Waals surface area contributed by atoms with Crippen molar-refractivity contribution in [3.63, 3.8) is 0 Å². The monoisotopic (exact) mass is 264 g/mol. The van der Waals surface area contributed by atoms with Gasteiger partial charge in [-0.2, -0.15) is 0 Å². The molecule has 0 fully saturated rings. The molecule has 4 nitrogen and oxygen atoms in total. The van der Waals surface area contributed by atoms with Crippen LogP contribution in [0, 0.1) is 13.8 Å². The number of aldehydes is 1. The molecule has 1 aromatic carbocycles. The highest BCUT2D eigenvalue weighted by Gasteiger charge is 2.07. The van der Waals surface area contributed by atoms with E-state index < -0.39 is 0 Å². The van der Waals surface area contributed by atoms with Gasteiger partial charge in [0.1, 0.15) is 12.0 Å². The van der Waals surface area contributed by atoms with Crippen molar-refractivity contribution in [2.45, 2.75) is 33.6 Å². The molecule has 0 radical (unpaired) electrons. The number of carbonyl (C=O) groups excluding carboxylic acids is 2. The summed E-state index contributed by atoms with van der Waals surface area (Å²) in [6.45, 7) is 6.46. The first-order chi connectivity index (χ1) is 9.08. The molecule has 1 rings (SSSR count). The summed E-state index contributed by atoms with van der Waals surface area (Å²) in [4.78, 5) is 21.9. The maximum atomic E-state index is 11.2. The van der Waals surface area contributed by atoms with Crippen LogP contribution in [0.1, 0.15) is 41.3 Å². The van der Waals surface area contributed by atoms with Crippen LogP contribution in [0.25, 0.3) is 0 Å². The molecule has 0 amide bonds. The van der Waals surface area contributed by atoms with Gasteiger partial charge in [0.2, 0.25) is 0 Å². The van der Waals surface area contributed by atoms with Gasteiger partial charge >= 0.3 is 5.97 Å². The molecule has 0 saturated heterocycles. The van der Waals surface area contributed by atoms with Crippen LogP contribution >= 0.6 is 0 Å². The van der Waals surface area contributed by atoms with Gasteiger partial charge in [-0.3, -0.25) is 9.59 Å². The smallest absolute Gasteiger partial charge is 0.305 e. The molecule has 104 valence electrons. The molecule has 19 heavy (non-hydrogen) atoms. The van der Waals surface area contributed by atoms with Gasteiger partial charge < -0.3 is 9.47 Å². The number of hydrogen-bond donors (Lipinski definition) is 0. The van der Waals surface area contributed by atoms with Gasteiger partial charge in [0.05, 0.1) is 13.2 Å². The third-order valence-corrected chi connectivity index (χ3v) is 2.70. The summed E-state index contributed by atoms with van der Waals surface area (Å²) in [5, 5.41) is 0. The van der Waals surface area contributed by atoms with E-state index in [9.17, 15) is 9.59 Å². The van der Waals surface area contributed by atoms with Gasteiger partial charge in [-0.25, -0.2) is 0 Å². The van der Waals surface area contributed by atoms with E-state index in [0.29, 0.717) is 31.6 Å². The van der Waals surface area contributed by atoms with Gasteiger partial charge in [-0.1, -0.05) is 0 Å². The van der Waals surface area contributed by atoms with Crippen molar-refractivity contribution in [1.29, 1.82) is 0 Å². The Bertz CT molecular complexity index is 428. The van der Waals surface area contributed by atoms with Crippen LogP contribution in [-0.4, -0.2) is 25.5 Å². The summed E-state index contributed by atoms with van der Waals surface area (Å²) in [7, 11) is 0. The van der Waals surface area contributed by atoms with E-state index in [1.807, 2.05) is 13.8 Å². The Morgan fingerprint density at radius 3 is 2.42 bits per heavy atom. The van der Waals surface area contributed by atoms with Crippen LogP contribution in [0.15, 0.2) is 12.1 Å². The zero-order chi connectivity index (χ0) is 14.3. The van der Waals surface area contributed by atoms with Gasteiger partial charge in [0.15, 0.2) is 0 Å². The fourth-order valence-corrected chi connectivity index (χ4v) is 1.90. The Morgan fingerprint density at radius 1 is 1.26 bits per heavy atom. The second kappa shape index (κ2) is 7.56. The highest BCUT2D eigenvalue weighted by molar-refractivity contribution is 5.76. The first-order valence-corrected chi connectivity index (χ1v) is 6.43. The van der Waals surface area contributed by atoms with Crippen LogP contribution < -0.4 is 4.74 Å². The standard InChI is InChI=1S/C15H20O4/c1-4-18-14(17)6-5-7-19-15-11(2)8-13(10-16)9-12(15)3/h8-10H,4-7H2,1-3H3. The van der Waals surface area contributed by atoms with Crippen molar-refractivity contribution >= 4 is 12.3 Å². The Hall–Kier alpha value is -1.84. The number of ether oxygens (including phenoxy) is 2. The van der Waals surface area contributed by atoms with Crippen LogP contribution in [-0.2, 0) is 9.53 Å². The average molecular weight is 264 g/mol. The van der Waals surface area contributed by atoms with E-state index in [-0.39, 0.29) is 5.97 Å². The van der Waals surface area contributed by atoms with Crippen LogP contribution in [0.3, 0.4) is 0 Å². The van der Waals surface area contributed by atoms with Crippen molar-refractivity contribution in [2.24, 2.45) is 0 Å². The van der Waals surface area contributed by atoms with E-state index in [1.165, 1.54) is 0 Å². The van der Waals surface area contributed by atoms with Gasteiger partial charge in [-0.05, 0) is 50.5 Å². The molecule has 0 aliphatic carbocycles. The number of esters is 1. The second-order valence-electron chi connectivity index (χ2n) is 4.36. The third-order valence-electron chi connectivity index (χ3n) is 2.70. The Morgan fingerprint density at radius 2 is 1.89 bits per heavy atom. The fraction of sp³-hybridized carbons (Fsp3) is 0.467. The molecule has 0 unspecified atom stereocenters. The minimum atomic E-state index is -0.198. The predicted octanol–water partition coefficient (Wildman–Crippen LogP) is 2.84. The molecule has 0 N–H and O–H groups in total. The summed E-state index contributed by atoms with van der Waals surface area (Å²) in [6, 6.07) is 3.58. The van der Waals surface area contributed by atoms with Gasteiger partial charge in [0.25, 0.3) is 0 Å². The Balaban J connectivity index is 2.50. The van der Waals surface area contributed by atoms with Gasteiger partial charge in [-0.15, -0.1) is 0 Å². The molecule has 0 aliphatic heterocycles. The lowest BCUT2D eigenvalue weighted by Gasteiger charge is -2.12. The van der Waals surface area contributed by atoms with E-state index in [0.717, 1.165) is 23.2 Å². The maximum absolute atomic E-state index is 11.2. The van der Waals surface area contributed by atoms with Crippen molar-refractivity contribution in [2.75, 3.05) is 13.2 Å². The van der Waals surface area contributed by atoms with Crippen LogP contribution in [0.5, 0.6) is 5.75 Å². The van der Waals surface area contributed by atoms with Crippen molar-refractivity contribution in [3.05, 3.63) is 28.8 Å². The van der Waals surface area contributed by atoms with E-state index in [1.54, 1.807) is 19.1 Å². The molecule has 0 heterocycles. The fourth-order valence-electron chi connectivity index (χ4n) is 1.90. The summed E-state index contributed by atoms with van der Waals surface area (Å²) in [5.74, 6) is 0.588. The Kier molecular flexibility index (Phi) is 6.06. The first-order valence-electron chi connectivity index (χ1n) is 6.43. The SMILES string of the molecule is CCOC(=O)CCCOc1c(C)cc(C=O)cc1C. The molecule has 1 aromatic rings. The molecular formula is C15H20O4. The lowest BCUT2D eigenvalue weighted by Crippen LogP contribution is -2.07. The summed E-state index contributed by atoms with van der Waals surface area (Å²) in [6.07, 6.45) is 1.80. The molecule has 4 heteroatoms. The predicted molar refractivity (Wildman–Crippen MR) is 72.7 cm³/mol. The first kappa shape index (κ1) is 15.2. The highest BCUT2D eigenvalue weighted by Crippen LogP contribution is 2.24. The van der Waals surface area contributed by atoms with Crippen molar-refractivity contribution in [1.82, 2.24) is 0 Å². The number of hydrogen-bond acceptors (Lipinski definition) is 4. The number of aryl methyl sites for hydroxylation is 2. The van der Waals surface area contributed by atoms with Crippen molar-refractivity contribution in [3.8, 4) is 5.75 Å². The minimum Gasteiger partial charge on any atom is -0.493 e. The quantitative estimate of drug-likeness (QED) is 0.431. The molecule has 0 saturated carbocycles. The zero-order valence-electron chi connectivity index (χ0n) is 11.7. The summed E-state index contributed by atoms with van der Waals surface area (Å²) in [5.41, 5.74) is 2.50. The molecule has 0 aromatic heterocycles. The minimum absolute atomic E-state index is 0.198. The normalized spacial score (nSPS) is 10.1. The zero-order valence-corrected chi connectivity index (χ0v) is 11.7. The lowest BCUT2D eigenvalue weighted by atomic mass is 10.1. The molecule has 0 spiro atoms. The summed E-state index contributed by atoms with van der Waals surface area (Å²) >= 11 is 0. The molecule has 0 bridgehead atoms. The van der Waals surface area contributed by atoms with Crippen LogP contribution in [0.2, 0.25) is 0 Å². The Labute approximate surface area is 113 Å². The van der Waals surface area contributed by atoms with Gasteiger partial charge in [0, 0.05) is 12.0 Å².